The van der Waals surface area contributed by atoms with E-state index in [4.69, 9.17) is 11.5 Å². The van der Waals surface area contributed by atoms with Crippen molar-refractivity contribution in [3.63, 3.8) is 0 Å². The largest absolute Gasteiger partial charge is 0.366 e. The first-order valence-corrected chi connectivity index (χ1v) is 5.79. The summed E-state index contributed by atoms with van der Waals surface area (Å²) in [7, 11) is 0. The second-order valence-corrected chi connectivity index (χ2v) is 4.34. The summed E-state index contributed by atoms with van der Waals surface area (Å²) in [5.74, 6) is -0.927. The van der Waals surface area contributed by atoms with Gasteiger partial charge in [-0.05, 0) is 47.9 Å². The highest BCUT2D eigenvalue weighted by atomic mass is 16.1. The van der Waals surface area contributed by atoms with Gasteiger partial charge < -0.3 is 11.5 Å². The standard InChI is InChI=1S/C15H14N2O2/c1-9-2-3-12(15(17)19)8-13(9)10-4-6-11(7-5-10)14(16)18/h2-8H,1H3,(H2,16,18)(H2,17,19). The predicted molar refractivity (Wildman–Crippen MR) is 73.7 cm³/mol. The lowest BCUT2D eigenvalue weighted by Crippen LogP contribution is -2.11. The van der Waals surface area contributed by atoms with Crippen molar-refractivity contribution in [2.24, 2.45) is 11.5 Å². The van der Waals surface area contributed by atoms with E-state index >= 15 is 0 Å². The summed E-state index contributed by atoms with van der Waals surface area (Å²) >= 11 is 0. The summed E-state index contributed by atoms with van der Waals surface area (Å²) in [5.41, 5.74) is 14.2. The molecule has 19 heavy (non-hydrogen) atoms. The zero-order valence-electron chi connectivity index (χ0n) is 10.5. The summed E-state index contributed by atoms with van der Waals surface area (Å²) in [5, 5.41) is 0. The summed E-state index contributed by atoms with van der Waals surface area (Å²) in [4.78, 5) is 22.2. The van der Waals surface area contributed by atoms with Gasteiger partial charge in [-0.1, -0.05) is 18.2 Å². The lowest BCUT2D eigenvalue weighted by atomic mass is 9.97. The highest BCUT2D eigenvalue weighted by molar-refractivity contribution is 5.95. The summed E-state index contributed by atoms with van der Waals surface area (Å²) in [6.45, 7) is 1.95. The number of benzene rings is 2. The van der Waals surface area contributed by atoms with Gasteiger partial charge in [-0.3, -0.25) is 9.59 Å². The molecule has 0 saturated heterocycles. The number of hydrogen-bond donors (Lipinski definition) is 2. The van der Waals surface area contributed by atoms with E-state index in [1.807, 2.05) is 13.0 Å². The van der Waals surface area contributed by atoms with Gasteiger partial charge in [0.1, 0.15) is 0 Å². The first-order valence-electron chi connectivity index (χ1n) is 5.79. The van der Waals surface area contributed by atoms with Crippen LogP contribution in [0, 0.1) is 6.92 Å². The van der Waals surface area contributed by atoms with Crippen LogP contribution in [0.4, 0.5) is 0 Å². The Morgan fingerprint density at radius 1 is 0.842 bits per heavy atom. The fraction of sp³-hybridized carbons (Fsp3) is 0.0667. The third-order valence-electron chi connectivity index (χ3n) is 3.00. The molecule has 4 nitrogen and oxygen atoms in total. The smallest absolute Gasteiger partial charge is 0.248 e. The minimum absolute atomic E-state index is 0.451. The van der Waals surface area contributed by atoms with Crippen LogP contribution in [0.15, 0.2) is 42.5 Å². The Kier molecular flexibility index (Phi) is 3.33. The van der Waals surface area contributed by atoms with Gasteiger partial charge in [-0.2, -0.15) is 0 Å². The van der Waals surface area contributed by atoms with Crippen molar-refractivity contribution in [3.8, 4) is 11.1 Å². The van der Waals surface area contributed by atoms with Gasteiger partial charge in [-0.25, -0.2) is 0 Å². The van der Waals surface area contributed by atoms with Crippen molar-refractivity contribution in [1.29, 1.82) is 0 Å². The predicted octanol–water partition coefficient (Wildman–Crippen LogP) is 1.86. The van der Waals surface area contributed by atoms with Gasteiger partial charge in [0, 0.05) is 11.1 Å². The summed E-state index contributed by atoms with van der Waals surface area (Å²) < 4.78 is 0. The van der Waals surface area contributed by atoms with Crippen LogP contribution in [-0.4, -0.2) is 11.8 Å². The highest BCUT2D eigenvalue weighted by Gasteiger charge is 2.07. The Labute approximate surface area is 111 Å². The molecule has 4 N–H and O–H groups in total. The molecule has 0 spiro atoms. The van der Waals surface area contributed by atoms with Crippen molar-refractivity contribution in [3.05, 3.63) is 59.2 Å². The van der Waals surface area contributed by atoms with Gasteiger partial charge >= 0.3 is 0 Å². The van der Waals surface area contributed by atoms with Crippen LogP contribution in [0.25, 0.3) is 11.1 Å². The second kappa shape index (κ2) is 4.94. The highest BCUT2D eigenvalue weighted by Crippen LogP contribution is 2.24. The molecule has 0 bridgehead atoms. The van der Waals surface area contributed by atoms with Crippen molar-refractivity contribution in [2.75, 3.05) is 0 Å². The van der Waals surface area contributed by atoms with Crippen LogP contribution < -0.4 is 11.5 Å². The van der Waals surface area contributed by atoms with Gasteiger partial charge in [0.15, 0.2) is 0 Å². The maximum Gasteiger partial charge on any atom is 0.248 e. The Balaban J connectivity index is 2.48. The second-order valence-electron chi connectivity index (χ2n) is 4.34. The molecule has 0 radical (unpaired) electrons. The third kappa shape index (κ3) is 2.63. The Morgan fingerprint density at radius 2 is 1.37 bits per heavy atom. The van der Waals surface area contributed by atoms with Crippen molar-refractivity contribution in [2.45, 2.75) is 6.92 Å². The maximum atomic E-state index is 11.2. The minimum atomic E-state index is -0.464. The van der Waals surface area contributed by atoms with E-state index in [2.05, 4.69) is 0 Å². The average molecular weight is 254 g/mol. The lowest BCUT2D eigenvalue weighted by Gasteiger charge is -2.08. The Hall–Kier alpha value is -2.62. The van der Waals surface area contributed by atoms with Crippen molar-refractivity contribution in [1.82, 2.24) is 0 Å². The molecule has 0 fully saturated rings. The molecule has 2 amide bonds. The van der Waals surface area contributed by atoms with E-state index in [9.17, 15) is 9.59 Å². The number of aryl methyl sites for hydroxylation is 1. The molecule has 0 aliphatic heterocycles. The molecule has 4 heteroatoms. The SMILES string of the molecule is Cc1ccc(C(N)=O)cc1-c1ccc(C(N)=O)cc1. The monoisotopic (exact) mass is 254 g/mol. The molecule has 0 unspecified atom stereocenters. The van der Waals surface area contributed by atoms with Gasteiger partial charge in [0.25, 0.3) is 0 Å². The van der Waals surface area contributed by atoms with Crippen LogP contribution in [0.1, 0.15) is 26.3 Å². The Morgan fingerprint density at radius 3 is 1.89 bits per heavy atom. The van der Waals surface area contributed by atoms with Crippen molar-refractivity contribution < 1.29 is 9.59 Å². The number of carbonyl (C=O) groups excluding carboxylic acids is 2. The zero-order chi connectivity index (χ0) is 14.0. The van der Waals surface area contributed by atoms with Crippen LogP contribution in [0.2, 0.25) is 0 Å². The number of carbonyl (C=O) groups is 2. The molecule has 2 aromatic carbocycles. The summed E-state index contributed by atoms with van der Waals surface area (Å²) in [6, 6.07) is 12.2. The molecule has 2 rings (SSSR count). The van der Waals surface area contributed by atoms with E-state index < -0.39 is 11.8 Å². The third-order valence-corrected chi connectivity index (χ3v) is 3.00. The fourth-order valence-electron chi connectivity index (χ4n) is 1.90. The molecule has 0 saturated carbocycles. The number of amides is 2. The molecule has 0 heterocycles. The normalized spacial score (nSPS) is 10.2. The zero-order valence-corrected chi connectivity index (χ0v) is 10.5. The molecule has 96 valence electrons. The molecule has 0 aliphatic rings. The lowest BCUT2D eigenvalue weighted by molar-refractivity contribution is 0.0992. The first-order chi connectivity index (χ1) is 8.99. The molecular formula is C15H14N2O2. The van der Waals surface area contributed by atoms with Gasteiger partial charge in [0.05, 0.1) is 0 Å². The number of nitrogens with two attached hydrogens (primary N) is 2. The Bertz CT molecular complexity index is 646. The topological polar surface area (TPSA) is 86.2 Å². The quantitative estimate of drug-likeness (QED) is 0.875. The van der Waals surface area contributed by atoms with Gasteiger partial charge in [0.2, 0.25) is 11.8 Å². The molecule has 2 aromatic rings. The van der Waals surface area contributed by atoms with E-state index in [-0.39, 0.29) is 0 Å². The van der Waals surface area contributed by atoms with Crippen LogP contribution >= 0.6 is 0 Å². The fourth-order valence-corrected chi connectivity index (χ4v) is 1.90. The van der Waals surface area contributed by atoms with E-state index in [0.717, 1.165) is 16.7 Å². The number of hydrogen-bond acceptors (Lipinski definition) is 2. The maximum absolute atomic E-state index is 11.2. The van der Waals surface area contributed by atoms with E-state index in [0.29, 0.717) is 11.1 Å². The van der Waals surface area contributed by atoms with Crippen LogP contribution in [0.5, 0.6) is 0 Å². The molecule has 0 aliphatic carbocycles. The average Bonchev–Trinajstić information content (AvgIpc) is 2.39. The molecular weight excluding hydrogens is 240 g/mol. The molecule has 0 atom stereocenters. The number of rotatable bonds is 3. The van der Waals surface area contributed by atoms with Crippen molar-refractivity contribution >= 4 is 11.8 Å². The van der Waals surface area contributed by atoms with E-state index in [1.165, 1.54) is 0 Å². The first kappa shape index (κ1) is 12.8. The van der Waals surface area contributed by atoms with E-state index in [1.54, 1.807) is 36.4 Å². The minimum Gasteiger partial charge on any atom is -0.366 e. The number of primary amides is 2. The van der Waals surface area contributed by atoms with Crippen LogP contribution in [-0.2, 0) is 0 Å². The van der Waals surface area contributed by atoms with Crippen LogP contribution in [0.3, 0.4) is 0 Å². The summed E-state index contributed by atoms with van der Waals surface area (Å²) in [6.07, 6.45) is 0. The van der Waals surface area contributed by atoms with Gasteiger partial charge in [-0.15, -0.1) is 0 Å². The molecule has 0 aromatic heterocycles.